The first-order chi connectivity index (χ1) is 13.5. The van der Waals surface area contributed by atoms with Crippen molar-refractivity contribution >= 4 is 41.0 Å². The van der Waals surface area contributed by atoms with Crippen molar-refractivity contribution in [3.8, 4) is 11.5 Å². The van der Waals surface area contributed by atoms with E-state index in [4.69, 9.17) is 32.7 Å². The van der Waals surface area contributed by atoms with Crippen LogP contribution in [0, 0.1) is 0 Å². The predicted octanol–water partition coefficient (Wildman–Crippen LogP) is 5.83. The fourth-order valence-electron chi connectivity index (χ4n) is 2.72. The van der Waals surface area contributed by atoms with E-state index >= 15 is 0 Å². The summed E-state index contributed by atoms with van der Waals surface area (Å²) in [4.78, 5) is 24.8. The Bertz CT molecular complexity index is 1120. The topological polar surface area (TPSA) is 52.6 Å². The molecule has 0 radical (unpaired) electrons. The fraction of sp³-hybridized carbons (Fsp3) is 0. The van der Waals surface area contributed by atoms with Gasteiger partial charge in [0.05, 0.1) is 11.1 Å². The molecule has 4 rings (SSSR count). The van der Waals surface area contributed by atoms with E-state index in [0.29, 0.717) is 26.9 Å². The van der Waals surface area contributed by atoms with Crippen LogP contribution in [0.1, 0.15) is 26.3 Å². The van der Waals surface area contributed by atoms with Gasteiger partial charge in [-0.15, -0.1) is 0 Å². The van der Waals surface area contributed by atoms with Crippen LogP contribution in [-0.2, 0) is 0 Å². The third kappa shape index (κ3) is 3.79. The third-order valence-corrected chi connectivity index (χ3v) is 4.57. The van der Waals surface area contributed by atoms with Crippen LogP contribution < -0.4 is 9.47 Å². The van der Waals surface area contributed by atoms with Gasteiger partial charge < -0.3 is 9.47 Å². The highest BCUT2D eigenvalue weighted by Gasteiger charge is 2.28. The lowest BCUT2D eigenvalue weighted by Crippen LogP contribution is -2.08. The van der Waals surface area contributed by atoms with Crippen LogP contribution in [0.4, 0.5) is 0 Å². The molecular weight excluding hydrogens is 399 g/mol. The quantitative estimate of drug-likeness (QED) is 0.309. The number of hydrogen-bond donors (Lipinski definition) is 0. The van der Waals surface area contributed by atoms with Crippen molar-refractivity contribution in [2.24, 2.45) is 0 Å². The average Bonchev–Trinajstić information content (AvgIpc) is 2.98. The Labute approximate surface area is 170 Å². The molecule has 1 aliphatic rings. The molecule has 0 saturated carbocycles. The van der Waals surface area contributed by atoms with E-state index in [1.807, 2.05) is 0 Å². The van der Waals surface area contributed by atoms with Gasteiger partial charge in [-0.05, 0) is 54.1 Å². The number of halogens is 2. The van der Waals surface area contributed by atoms with E-state index in [1.165, 1.54) is 12.1 Å². The molecule has 0 aromatic heterocycles. The van der Waals surface area contributed by atoms with Crippen molar-refractivity contribution in [2.45, 2.75) is 0 Å². The van der Waals surface area contributed by atoms with E-state index < -0.39 is 5.97 Å². The van der Waals surface area contributed by atoms with Crippen molar-refractivity contribution in [1.82, 2.24) is 0 Å². The minimum Gasteiger partial charge on any atom is -0.452 e. The maximum absolute atomic E-state index is 12.5. The van der Waals surface area contributed by atoms with Gasteiger partial charge in [-0.2, -0.15) is 0 Å². The number of fused-ring (bicyclic) bond motifs is 1. The summed E-state index contributed by atoms with van der Waals surface area (Å²) in [5, 5.41) is 1.05. The van der Waals surface area contributed by atoms with Crippen LogP contribution in [-0.4, -0.2) is 11.8 Å². The van der Waals surface area contributed by atoms with Crippen LogP contribution in [0.2, 0.25) is 10.0 Å². The van der Waals surface area contributed by atoms with Gasteiger partial charge in [0.2, 0.25) is 5.78 Å². The number of ether oxygens (including phenoxy) is 2. The van der Waals surface area contributed by atoms with Crippen LogP contribution in [0.3, 0.4) is 0 Å². The maximum atomic E-state index is 12.5. The summed E-state index contributed by atoms with van der Waals surface area (Å²) in [6.07, 6.45) is 1.64. The first kappa shape index (κ1) is 18.3. The molecule has 138 valence electrons. The number of benzene rings is 3. The maximum Gasteiger partial charge on any atom is 0.343 e. The normalized spacial score (nSPS) is 13.9. The smallest absolute Gasteiger partial charge is 0.343 e. The molecule has 0 amide bonds. The number of hydrogen-bond acceptors (Lipinski definition) is 4. The number of rotatable bonds is 3. The van der Waals surface area contributed by atoms with Gasteiger partial charge in [-0.3, -0.25) is 4.79 Å². The molecule has 28 heavy (non-hydrogen) atoms. The first-order valence-electron chi connectivity index (χ1n) is 8.31. The molecule has 0 aliphatic carbocycles. The fourth-order valence-corrected chi connectivity index (χ4v) is 3.04. The molecule has 3 aromatic rings. The minimum atomic E-state index is -0.552. The molecule has 0 unspecified atom stereocenters. The Hall–Kier alpha value is -3.08. The molecule has 0 atom stereocenters. The summed E-state index contributed by atoms with van der Waals surface area (Å²) in [7, 11) is 0. The van der Waals surface area contributed by atoms with Gasteiger partial charge >= 0.3 is 5.97 Å². The SMILES string of the molecule is O=C(Oc1ccc2c(c1)O/C(=C\c1ccc(Cl)cc1)C2=O)c1cccc(Cl)c1. The van der Waals surface area contributed by atoms with Gasteiger partial charge in [0, 0.05) is 16.1 Å². The lowest BCUT2D eigenvalue weighted by atomic mass is 10.1. The Balaban J connectivity index is 1.55. The lowest BCUT2D eigenvalue weighted by Gasteiger charge is -2.06. The molecule has 6 heteroatoms. The number of carbonyl (C=O) groups excluding carboxylic acids is 2. The number of esters is 1. The lowest BCUT2D eigenvalue weighted by molar-refractivity contribution is 0.0734. The summed E-state index contributed by atoms with van der Waals surface area (Å²) in [6.45, 7) is 0. The zero-order chi connectivity index (χ0) is 19.7. The summed E-state index contributed by atoms with van der Waals surface area (Å²) < 4.78 is 11.0. The molecule has 0 saturated heterocycles. The van der Waals surface area contributed by atoms with E-state index in [-0.39, 0.29) is 17.3 Å². The van der Waals surface area contributed by atoms with Crippen LogP contribution in [0.25, 0.3) is 6.08 Å². The van der Waals surface area contributed by atoms with E-state index in [2.05, 4.69) is 0 Å². The van der Waals surface area contributed by atoms with Gasteiger partial charge in [-0.1, -0.05) is 41.4 Å². The molecular formula is C22H12Cl2O4. The standard InChI is InChI=1S/C22H12Cl2O4/c23-15-6-4-13(5-7-15)10-20-21(25)18-9-8-17(12-19(18)28-20)27-22(26)14-2-1-3-16(24)11-14/h1-12H/b20-10-. The minimum absolute atomic E-state index is 0.190. The molecule has 4 nitrogen and oxygen atoms in total. The van der Waals surface area contributed by atoms with E-state index in [9.17, 15) is 9.59 Å². The summed E-state index contributed by atoms with van der Waals surface area (Å²) in [5.41, 5.74) is 1.52. The third-order valence-electron chi connectivity index (χ3n) is 4.08. The van der Waals surface area contributed by atoms with Gasteiger partial charge in [0.25, 0.3) is 0 Å². The van der Waals surface area contributed by atoms with Crippen molar-refractivity contribution in [2.75, 3.05) is 0 Å². The molecule has 1 aliphatic heterocycles. The van der Waals surface area contributed by atoms with Gasteiger partial charge in [0.15, 0.2) is 5.76 Å². The predicted molar refractivity (Wildman–Crippen MR) is 107 cm³/mol. The summed E-state index contributed by atoms with van der Waals surface area (Å²) >= 11 is 11.8. The highest BCUT2D eigenvalue weighted by molar-refractivity contribution is 6.31. The number of allylic oxidation sites excluding steroid dienone is 1. The molecule has 0 bridgehead atoms. The zero-order valence-electron chi connectivity index (χ0n) is 14.3. The summed E-state index contributed by atoms with van der Waals surface area (Å²) in [5.74, 6) is 0.00267. The van der Waals surface area contributed by atoms with Crippen molar-refractivity contribution in [3.63, 3.8) is 0 Å². The number of ketones is 1. The number of carbonyl (C=O) groups is 2. The van der Waals surface area contributed by atoms with E-state index in [0.717, 1.165) is 5.56 Å². The van der Waals surface area contributed by atoms with Crippen molar-refractivity contribution in [1.29, 1.82) is 0 Å². The van der Waals surface area contributed by atoms with Crippen molar-refractivity contribution < 1.29 is 19.1 Å². The second-order valence-electron chi connectivity index (χ2n) is 6.05. The van der Waals surface area contributed by atoms with Crippen LogP contribution in [0.5, 0.6) is 11.5 Å². The second kappa shape index (κ2) is 7.50. The Morgan fingerprint density at radius 2 is 1.71 bits per heavy atom. The molecule has 1 heterocycles. The van der Waals surface area contributed by atoms with Crippen molar-refractivity contribution in [3.05, 3.63) is 99.2 Å². The molecule has 0 spiro atoms. The number of Topliss-reactive ketones (excluding diaryl/α,β-unsaturated/α-hetero) is 1. The molecule has 0 fully saturated rings. The van der Waals surface area contributed by atoms with Crippen LogP contribution in [0.15, 0.2) is 72.5 Å². The second-order valence-corrected chi connectivity index (χ2v) is 6.92. The monoisotopic (exact) mass is 410 g/mol. The highest BCUT2D eigenvalue weighted by atomic mass is 35.5. The first-order valence-corrected chi connectivity index (χ1v) is 9.07. The Kier molecular flexibility index (Phi) is 4.90. The zero-order valence-corrected chi connectivity index (χ0v) is 15.8. The Morgan fingerprint density at radius 3 is 2.46 bits per heavy atom. The van der Waals surface area contributed by atoms with Gasteiger partial charge in [0.1, 0.15) is 11.5 Å². The molecule has 3 aromatic carbocycles. The average molecular weight is 411 g/mol. The summed E-state index contributed by atoms with van der Waals surface area (Å²) in [6, 6.07) is 18.1. The van der Waals surface area contributed by atoms with E-state index in [1.54, 1.807) is 60.7 Å². The van der Waals surface area contributed by atoms with Crippen LogP contribution >= 0.6 is 23.2 Å². The Morgan fingerprint density at radius 1 is 0.929 bits per heavy atom. The molecule has 0 N–H and O–H groups in total. The van der Waals surface area contributed by atoms with Gasteiger partial charge in [-0.25, -0.2) is 4.79 Å². The highest BCUT2D eigenvalue weighted by Crippen LogP contribution is 2.35. The largest absolute Gasteiger partial charge is 0.452 e.